The number of nitrogens with zero attached hydrogens (tertiary/aromatic N) is 4. The number of rotatable bonds is 5. The van der Waals surface area contributed by atoms with Crippen molar-refractivity contribution in [3.8, 4) is 0 Å². The molecule has 1 heterocycles. The SMILES string of the molecule is CN(C)CCN(C)C(=O)C(N)c1cnn(C)c1. The molecule has 2 N–H and O–H groups in total. The Bertz CT molecular complexity index is 374. The number of hydrogen-bond acceptors (Lipinski definition) is 4. The van der Waals surface area contributed by atoms with E-state index in [9.17, 15) is 4.79 Å². The van der Waals surface area contributed by atoms with E-state index in [0.29, 0.717) is 6.54 Å². The van der Waals surface area contributed by atoms with Crippen molar-refractivity contribution in [3.05, 3.63) is 18.0 Å². The van der Waals surface area contributed by atoms with Gasteiger partial charge in [-0.3, -0.25) is 9.48 Å². The lowest BCUT2D eigenvalue weighted by Crippen LogP contribution is -2.39. The highest BCUT2D eigenvalue weighted by Gasteiger charge is 2.20. The van der Waals surface area contributed by atoms with Crippen molar-refractivity contribution in [1.29, 1.82) is 0 Å². The monoisotopic (exact) mass is 239 g/mol. The summed E-state index contributed by atoms with van der Waals surface area (Å²) in [7, 11) is 7.51. The first-order valence-electron chi connectivity index (χ1n) is 5.55. The van der Waals surface area contributed by atoms with Gasteiger partial charge >= 0.3 is 0 Å². The highest BCUT2D eigenvalue weighted by atomic mass is 16.2. The molecule has 0 saturated heterocycles. The van der Waals surface area contributed by atoms with Crippen LogP contribution in [0.1, 0.15) is 11.6 Å². The van der Waals surface area contributed by atoms with E-state index in [4.69, 9.17) is 5.73 Å². The van der Waals surface area contributed by atoms with Gasteiger partial charge in [-0.15, -0.1) is 0 Å². The summed E-state index contributed by atoms with van der Waals surface area (Å²) in [6, 6.07) is -0.629. The summed E-state index contributed by atoms with van der Waals surface area (Å²) < 4.78 is 1.64. The summed E-state index contributed by atoms with van der Waals surface area (Å²) in [5.74, 6) is -0.0835. The molecule has 6 heteroatoms. The average molecular weight is 239 g/mol. The number of carbonyl (C=O) groups excluding carboxylic acids is 1. The standard InChI is InChI=1S/C11H21N5O/c1-14(2)5-6-15(3)11(17)10(12)9-7-13-16(4)8-9/h7-8,10H,5-6,12H2,1-4H3. The van der Waals surface area contributed by atoms with Gasteiger partial charge in [0.15, 0.2) is 0 Å². The van der Waals surface area contributed by atoms with Crippen LogP contribution in [0.3, 0.4) is 0 Å². The maximum Gasteiger partial charge on any atom is 0.243 e. The zero-order valence-corrected chi connectivity index (χ0v) is 10.9. The molecule has 0 spiro atoms. The second-order valence-corrected chi connectivity index (χ2v) is 4.49. The van der Waals surface area contributed by atoms with E-state index >= 15 is 0 Å². The number of carbonyl (C=O) groups is 1. The minimum absolute atomic E-state index is 0.0835. The van der Waals surface area contributed by atoms with Crippen LogP contribution in [-0.4, -0.2) is 59.7 Å². The van der Waals surface area contributed by atoms with Crippen LogP contribution in [0.2, 0.25) is 0 Å². The molecule has 0 aliphatic heterocycles. The molecule has 0 aliphatic rings. The van der Waals surface area contributed by atoms with Gasteiger partial charge < -0.3 is 15.5 Å². The lowest BCUT2D eigenvalue weighted by molar-refractivity contribution is -0.131. The molecule has 96 valence electrons. The Hall–Kier alpha value is -1.40. The third-order valence-electron chi connectivity index (χ3n) is 2.61. The van der Waals surface area contributed by atoms with Gasteiger partial charge in [0.25, 0.3) is 0 Å². The fourth-order valence-corrected chi connectivity index (χ4v) is 1.44. The van der Waals surface area contributed by atoms with Crippen molar-refractivity contribution in [3.63, 3.8) is 0 Å². The number of hydrogen-bond donors (Lipinski definition) is 1. The Balaban J connectivity index is 2.57. The smallest absolute Gasteiger partial charge is 0.243 e. The van der Waals surface area contributed by atoms with Crippen molar-refractivity contribution in [2.45, 2.75) is 6.04 Å². The topological polar surface area (TPSA) is 67.4 Å². The predicted molar refractivity (Wildman–Crippen MR) is 66.3 cm³/mol. The fourth-order valence-electron chi connectivity index (χ4n) is 1.44. The van der Waals surface area contributed by atoms with Crippen molar-refractivity contribution in [2.24, 2.45) is 12.8 Å². The highest BCUT2D eigenvalue weighted by molar-refractivity contribution is 5.82. The van der Waals surface area contributed by atoms with Crippen LogP contribution in [0.15, 0.2) is 12.4 Å². The highest BCUT2D eigenvalue weighted by Crippen LogP contribution is 2.11. The number of likely N-dealkylation sites (N-methyl/N-ethyl adjacent to an activating group) is 2. The summed E-state index contributed by atoms with van der Waals surface area (Å²) in [5, 5.41) is 4.01. The van der Waals surface area contributed by atoms with E-state index in [0.717, 1.165) is 12.1 Å². The lowest BCUT2D eigenvalue weighted by atomic mass is 10.1. The molecule has 0 bridgehead atoms. The molecule has 17 heavy (non-hydrogen) atoms. The van der Waals surface area contributed by atoms with Gasteiger partial charge in [0.1, 0.15) is 6.04 Å². The maximum atomic E-state index is 12.0. The third-order valence-corrected chi connectivity index (χ3v) is 2.61. The molecule has 1 unspecified atom stereocenters. The van der Waals surface area contributed by atoms with Gasteiger partial charge in [-0.1, -0.05) is 0 Å². The normalized spacial score (nSPS) is 12.8. The zero-order valence-electron chi connectivity index (χ0n) is 10.9. The van der Waals surface area contributed by atoms with Crippen LogP contribution in [0.25, 0.3) is 0 Å². The van der Waals surface area contributed by atoms with Crippen molar-refractivity contribution in [1.82, 2.24) is 19.6 Å². The van der Waals surface area contributed by atoms with Crippen LogP contribution in [0.5, 0.6) is 0 Å². The van der Waals surface area contributed by atoms with Crippen molar-refractivity contribution in [2.75, 3.05) is 34.2 Å². The zero-order chi connectivity index (χ0) is 13.0. The fraction of sp³-hybridized carbons (Fsp3) is 0.636. The second-order valence-electron chi connectivity index (χ2n) is 4.49. The molecule has 0 saturated carbocycles. The second kappa shape index (κ2) is 5.79. The number of nitrogens with two attached hydrogens (primary N) is 1. The molecule has 0 aliphatic carbocycles. The molecular formula is C11H21N5O. The Morgan fingerprint density at radius 1 is 1.47 bits per heavy atom. The van der Waals surface area contributed by atoms with Crippen LogP contribution in [0.4, 0.5) is 0 Å². The van der Waals surface area contributed by atoms with Crippen molar-refractivity contribution < 1.29 is 4.79 Å². The summed E-state index contributed by atoms with van der Waals surface area (Å²) in [6.45, 7) is 1.49. The third kappa shape index (κ3) is 3.83. The molecular weight excluding hydrogens is 218 g/mol. The van der Waals surface area contributed by atoms with Gasteiger partial charge in [0.05, 0.1) is 6.20 Å². The van der Waals surface area contributed by atoms with E-state index < -0.39 is 6.04 Å². The molecule has 1 amide bonds. The van der Waals surface area contributed by atoms with Crippen LogP contribution < -0.4 is 5.73 Å². The van der Waals surface area contributed by atoms with Crippen LogP contribution in [0, 0.1) is 0 Å². The molecule has 0 fully saturated rings. The number of amides is 1. The number of aromatic nitrogens is 2. The first-order valence-corrected chi connectivity index (χ1v) is 5.55. The van der Waals surface area contributed by atoms with E-state index in [2.05, 4.69) is 5.10 Å². The molecule has 1 rings (SSSR count). The quantitative estimate of drug-likeness (QED) is 0.748. The largest absolute Gasteiger partial charge is 0.343 e. The van der Waals surface area contributed by atoms with Gasteiger partial charge in [-0.2, -0.15) is 5.10 Å². The molecule has 6 nitrogen and oxygen atoms in total. The molecule has 1 aromatic rings. The van der Waals surface area contributed by atoms with Crippen LogP contribution >= 0.6 is 0 Å². The Morgan fingerprint density at radius 3 is 2.59 bits per heavy atom. The van der Waals surface area contributed by atoms with Crippen molar-refractivity contribution >= 4 is 5.91 Å². The maximum absolute atomic E-state index is 12.0. The summed E-state index contributed by atoms with van der Waals surface area (Å²) in [6.07, 6.45) is 3.39. The minimum atomic E-state index is -0.629. The van der Waals surface area contributed by atoms with E-state index in [1.165, 1.54) is 0 Å². The van der Waals surface area contributed by atoms with E-state index in [-0.39, 0.29) is 5.91 Å². The summed E-state index contributed by atoms with van der Waals surface area (Å²) in [4.78, 5) is 15.7. The molecule has 0 radical (unpaired) electrons. The molecule has 0 aromatic carbocycles. The van der Waals surface area contributed by atoms with E-state index in [1.807, 2.05) is 19.0 Å². The van der Waals surface area contributed by atoms with Crippen LogP contribution in [-0.2, 0) is 11.8 Å². The van der Waals surface area contributed by atoms with Gasteiger partial charge in [0.2, 0.25) is 5.91 Å². The average Bonchev–Trinajstić information content (AvgIpc) is 2.70. The van der Waals surface area contributed by atoms with Gasteiger partial charge in [-0.05, 0) is 14.1 Å². The summed E-state index contributed by atoms with van der Waals surface area (Å²) in [5.41, 5.74) is 6.65. The van der Waals surface area contributed by atoms with Gasteiger partial charge in [-0.25, -0.2) is 0 Å². The molecule has 1 atom stereocenters. The minimum Gasteiger partial charge on any atom is -0.343 e. The molecule has 1 aromatic heterocycles. The van der Waals surface area contributed by atoms with Gasteiger partial charge in [0, 0.05) is 38.9 Å². The predicted octanol–water partition coefficient (Wildman–Crippen LogP) is -0.560. The summed E-state index contributed by atoms with van der Waals surface area (Å²) >= 11 is 0. The Kier molecular flexibility index (Phi) is 4.65. The Labute approximate surface area is 102 Å². The Morgan fingerprint density at radius 2 is 2.12 bits per heavy atom. The number of aryl methyl sites for hydroxylation is 1. The van der Waals surface area contributed by atoms with E-state index in [1.54, 1.807) is 36.1 Å². The first-order chi connectivity index (χ1) is 7.91. The first kappa shape index (κ1) is 13.7. The lowest BCUT2D eigenvalue weighted by Gasteiger charge is -2.22.